The van der Waals surface area contributed by atoms with Gasteiger partial charge < -0.3 is 20.9 Å². The van der Waals surface area contributed by atoms with Crippen molar-refractivity contribution in [1.82, 2.24) is 5.32 Å². The Morgan fingerprint density at radius 2 is 1.95 bits per heavy atom. The minimum Gasteiger partial charge on any atom is -0.480 e. The zero-order valence-electron chi connectivity index (χ0n) is 12.6. The number of nitrogens with one attached hydrogen (secondary N) is 1. The van der Waals surface area contributed by atoms with Crippen LogP contribution in [0.4, 0.5) is 4.79 Å². The Bertz CT molecular complexity index is 509. The molecule has 21 heavy (non-hydrogen) atoms. The van der Waals surface area contributed by atoms with E-state index in [0.29, 0.717) is 6.54 Å². The number of hydrogen-bond acceptors (Lipinski definition) is 4. The molecule has 1 amide bonds. The molecule has 0 saturated carbocycles. The molecule has 0 aromatic heterocycles. The minimum absolute atomic E-state index is 0.169. The van der Waals surface area contributed by atoms with E-state index in [9.17, 15) is 14.7 Å². The first kappa shape index (κ1) is 17.0. The molecule has 4 N–H and O–H groups in total. The van der Waals surface area contributed by atoms with E-state index in [2.05, 4.69) is 5.32 Å². The van der Waals surface area contributed by atoms with E-state index in [0.717, 1.165) is 11.1 Å². The summed E-state index contributed by atoms with van der Waals surface area (Å²) in [4.78, 5) is 22.9. The van der Waals surface area contributed by atoms with E-state index in [-0.39, 0.29) is 6.42 Å². The number of ether oxygens (including phenoxy) is 1. The van der Waals surface area contributed by atoms with Crippen LogP contribution in [0.2, 0.25) is 0 Å². The Balaban J connectivity index is 2.74. The lowest BCUT2D eigenvalue weighted by Gasteiger charge is -2.22. The predicted octanol–water partition coefficient (Wildman–Crippen LogP) is 1.67. The van der Waals surface area contributed by atoms with E-state index in [1.165, 1.54) is 0 Å². The molecule has 0 bridgehead atoms. The number of carbonyl (C=O) groups is 2. The van der Waals surface area contributed by atoms with Crippen molar-refractivity contribution >= 4 is 12.1 Å². The van der Waals surface area contributed by atoms with Crippen LogP contribution in [-0.2, 0) is 22.5 Å². The molecule has 0 fully saturated rings. The van der Waals surface area contributed by atoms with Crippen LogP contribution in [0.25, 0.3) is 0 Å². The number of carboxylic acid groups (broad SMARTS) is 1. The third kappa shape index (κ3) is 6.27. The Morgan fingerprint density at radius 3 is 2.48 bits per heavy atom. The molecule has 1 rings (SSSR count). The number of rotatable bonds is 5. The Labute approximate surface area is 124 Å². The lowest BCUT2D eigenvalue weighted by atomic mass is 10.0. The zero-order valence-corrected chi connectivity index (χ0v) is 12.6. The number of alkyl carbamates (subject to hydrolysis) is 1. The normalized spacial score (nSPS) is 12.6. The van der Waals surface area contributed by atoms with Gasteiger partial charge >= 0.3 is 12.1 Å². The second kappa shape index (κ2) is 7.08. The van der Waals surface area contributed by atoms with Crippen molar-refractivity contribution in [2.24, 2.45) is 5.73 Å². The summed E-state index contributed by atoms with van der Waals surface area (Å²) < 4.78 is 5.07. The van der Waals surface area contributed by atoms with Crippen LogP contribution >= 0.6 is 0 Å². The van der Waals surface area contributed by atoms with Crippen LogP contribution in [-0.4, -0.2) is 28.8 Å². The number of nitrogens with two attached hydrogens (primary N) is 1. The molecular weight excluding hydrogens is 272 g/mol. The smallest absolute Gasteiger partial charge is 0.408 e. The SMILES string of the molecule is CC(C)(C)OC(=O)N[C@H](Cc1cccc(CN)c1)C(=O)O. The molecule has 0 radical (unpaired) electrons. The number of hydrogen-bond donors (Lipinski definition) is 3. The van der Waals surface area contributed by atoms with E-state index in [1.54, 1.807) is 26.8 Å². The van der Waals surface area contributed by atoms with Crippen molar-refractivity contribution in [1.29, 1.82) is 0 Å². The summed E-state index contributed by atoms with van der Waals surface area (Å²) in [5.41, 5.74) is 6.58. The number of benzene rings is 1. The van der Waals surface area contributed by atoms with Gasteiger partial charge in [-0.25, -0.2) is 9.59 Å². The van der Waals surface area contributed by atoms with Gasteiger partial charge in [-0.2, -0.15) is 0 Å². The summed E-state index contributed by atoms with van der Waals surface area (Å²) in [6.07, 6.45) is -0.576. The second-order valence-electron chi connectivity index (χ2n) is 5.77. The fraction of sp³-hybridized carbons (Fsp3) is 0.467. The topological polar surface area (TPSA) is 102 Å². The summed E-state index contributed by atoms with van der Waals surface area (Å²) in [5, 5.41) is 11.6. The molecule has 0 saturated heterocycles. The van der Waals surface area contributed by atoms with Crippen molar-refractivity contribution in [3.63, 3.8) is 0 Å². The van der Waals surface area contributed by atoms with Gasteiger partial charge in [-0.1, -0.05) is 24.3 Å². The summed E-state index contributed by atoms with van der Waals surface area (Å²) in [5.74, 6) is -1.11. The molecule has 6 heteroatoms. The lowest BCUT2D eigenvalue weighted by Crippen LogP contribution is -2.44. The van der Waals surface area contributed by atoms with E-state index in [1.807, 2.05) is 18.2 Å². The van der Waals surface area contributed by atoms with Gasteiger partial charge in [-0.05, 0) is 31.9 Å². The third-order valence-electron chi connectivity index (χ3n) is 2.66. The molecule has 0 aliphatic rings. The summed E-state index contributed by atoms with van der Waals surface area (Å²) in [7, 11) is 0. The number of carboxylic acids is 1. The summed E-state index contributed by atoms with van der Waals surface area (Å²) >= 11 is 0. The zero-order chi connectivity index (χ0) is 16.0. The van der Waals surface area contributed by atoms with Gasteiger partial charge in [-0.15, -0.1) is 0 Å². The first-order chi connectivity index (χ1) is 9.71. The number of aliphatic carboxylic acids is 1. The van der Waals surface area contributed by atoms with Crippen LogP contribution < -0.4 is 11.1 Å². The van der Waals surface area contributed by atoms with E-state index in [4.69, 9.17) is 10.5 Å². The molecule has 116 valence electrons. The van der Waals surface area contributed by atoms with Gasteiger partial charge in [0.25, 0.3) is 0 Å². The maximum absolute atomic E-state index is 11.7. The molecule has 6 nitrogen and oxygen atoms in total. The molecule has 0 aliphatic heterocycles. The Hall–Kier alpha value is -2.08. The summed E-state index contributed by atoms with van der Waals surface area (Å²) in [6.45, 7) is 5.53. The van der Waals surface area contributed by atoms with Gasteiger partial charge in [0.15, 0.2) is 0 Å². The average molecular weight is 294 g/mol. The first-order valence-corrected chi connectivity index (χ1v) is 6.71. The maximum atomic E-state index is 11.7. The predicted molar refractivity (Wildman–Crippen MR) is 78.8 cm³/mol. The van der Waals surface area contributed by atoms with Gasteiger partial charge in [0.2, 0.25) is 0 Å². The maximum Gasteiger partial charge on any atom is 0.408 e. The first-order valence-electron chi connectivity index (χ1n) is 6.71. The van der Waals surface area contributed by atoms with Gasteiger partial charge in [0.1, 0.15) is 11.6 Å². The molecule has 1 aromatic carbocycles. The molecule has 1 atom stereocenters. The standard InChI is InChI=1S/C15H22N2O4/c1-15(2,3)21-14(20)17-12(13(18)19)8-10-5-4-6-11(7-10)9-16/h4-7,12H,8-9,16H2,1-3H3,(H,17,20)(H,18,19)/t12-/m1/s1. The van der Waals surface area contributed by atoms with Crippen molar-refractivity contribution in [2.75, 3.05) is 0 Å². The summed E-state index contributed by atoms with van der Waals surface area (Å²) in [6, 6.07) is 6.25. The van der Waals surface area contributed by atoms with Crippen LogP contribution in [0.15, 0.2) is 24.3 Å². The van der Waals surface area contributed by atoms with E-state index < -0.39 is 23.7 Å². The lowest BCUT2D eigenvalue weighted by molar-refractivity contribution is -0.139. The average Bonchev–Trinajstić information content (AvgIpc) is 2.36. The molecule has 0 heterocycles. The Kier molecular flexibility index (Phi) is 5.72. The number of amides is 1. The number of carbonyl (C=O) groups excluding carboxylic acids is 1. The third-order valence-corrected chi connectivity index (χ3v) is 2.66. The molecule has 1 aromatic rings. The highest BCUT2D eigenvalue weighted by Crippen LogP contribution is 2.10. The van der Waals surface area contributed by atoms with Crippen LogP contribution in [0.5, 0.6) is 0 Å². The molecule has 0 spiro atoms. The van der Waals surface area contributed by atoms with Crippen LogP contribution in [0.1, 0.15) is 31.9 Å². The molecule has 0 aliphatic carbocycles. The fourth-order valence-corrected chi connectivity index (χ4v) is 1.77. The van der Waals surface area contributed by atoms with Crippen molar-refractivity contribution in [2.45, 2.75) is 45.4 Å². The van der Waals surface area contributed by atoms with E-state index >= 15 is 0 Å². The fourth-order valence-electron chi connectivity index (χ4n) is 1.77. The quantitative estimate of drug-likeness (QED) is 0.766. The van der Waals surface area contributed by atoms with Crippen molar-refractivity contribution < 1.29 is 19.4 Å². The van der Waals surface area contributed by atoms with Gasteiger partial charge in [0, 0.05) is 13.0 Å². The van der Waals surface area contributed by atoms with Crippen molar-refractivity contribution in [3.8, 4) is 0 Å². The minimum atomic E-state index is -1.11. The largest absolute Gasteiger partial charge is 0.480 e. The Morgan fingerprint density at radius 1 is 1.33 bits per heavy atom. The van der Waals surface area contributed by atoms with Gasteiger partial charge in [-0.3, -0.25) is 0 Å². The van der Waals surface area contributed by atoms with Crippen LogP contribution in [0.3, 0.4) is 0 Å². The highest BCUT2D eigenvalue weighted by Gasteiger charge is 2.24. The molecule has 0 unspecified atom stereocenters. The second-order valence-corrected chi connectivity index (χ2v) is 5.77. The molecular formula is C15H22N2O4. The van der Waals surface area contributed by atoms with Crippen molar-refractivity contribution in [3.05, 3.63) is 35.4 Å². The van der Waals surface area contributed by atoms with Gasteiger partial charge in [0.05, 0.1) is 0 Å². The highest BCUT2D eigenvalue weighted by atomic mass is 16.6. The van der Waals surface area contributed by atoms with Crippen LogP contribution in [0, 0.1) is 0 Å². The highest BCUT2D eigenvalue weighted by molar-refractivity contribution is 5.80. The monoisotopic (exact) mass is 294 g/mol.